The molecule has 1 fully saturated rings. The van der Waals surface area contributed by atoms with Crippen LogP contribution in [-0.4, -0.2) is 16.1 Å². The number of nitrogens with zero attached hydrogens (tertiary/aromatic N) is 2. The zero-order valence-corrected chi connectivity index (χ0v) is 12.0. The zero-order chi connectivity index (χ0) is 13.0. The Morgan fingerprint density at radius 3 is 2.89 bits per heavy atom. The minimum atomic E-state index is 0.661. The summed E-state index contributed by atoms with van der Waals surface area (Å²) >= 11 is 0. The largest absolute Gasteiger partial charge is 0.355 e. The Balaban J connectivity index is 1.87. The molecule has 1 aromatic rings. The van der Waals surface area contributed by atoms with Crippen LogP contribution >= 0.6 is 0 Å². The highest BCUT2D eigenvalue weighted by atomic mass is 15.2. The maximum atomic E-state index is 4.43. The molecule has 0 aromatic carbocycles. The van der Waals surface area contributed by atoms with Crippen LogP contribution in [0.15, 0.2) is 12.4 Å². The summed E-state index contributed by atoms with van der Waals surface area (Å²) in [6, 6.07) is 0. The highest BCUT2D eigenvalue weighted by molar-refractivity contribution is 5.25. The zero-order valence-electron chi connectivity index (χ0n) is 12.0. The predicted octanol–water partition coefficient (Wildman–Crippen LogP) is 3.78. The van der Waals surface area contributed by atoms with Gasteiger partial charge in [-0.1, -0.05) is 40.0 Å². The molecule has 1 aliphatic rings. The molecule has 102 valence electrons. The van der Waals surface area contributed by atoms with E-state index >= 15 is 0 Å². The van der Waals surface area contributed by atoms with Crippen molar-refractivity contribution >= 4 is 5.95 Å². The number of imidazole rings is 1. The molecular weight excluding hydrogens is 222 g/mol. The van der Waals surface area contributed by atoms with Crippen LogP contribution < -0.4 is 5.32 Å². The Bertz CT molecular complexity index is 356. The molecule has 2 rings (SSSR count). The average molecular weight is 249 g/mol. The molecule has 1 heterocycles. The first kappa shape index (κ1) is 13.4. The van der Waals surface area contributed by atoms with Gasteiger partial charge in [0, 0.05) is 25.5 Å². The molecule has 0 spiro atoms. The molecule has 1 aromatic heterocycles. The van der Waals surface area contributed by atoms with Gasteiger partial charge in [-0.05, 0) is 24.2 Å². The SMILES string of the molecule is CC(C)Cn1ccnc1NCC1CCCCC1C. The molecule has 0 aliphatic heterocycles. The fraction of sp³-hybridized carbons (Fsp3) is 0.800. The van der Waals surface area contributed by atoms with Crippen molar-refractivity contribution in [1.82, 2.24) is 9.55 Å². The van der Waals surface area contributed by atoms with Crippen LogP contribution in [0.4, 0.5) is 5.95 Å². The van der Waals surface area contributed by atoms with Crippen LogP contribution in [-0.2, 0) is 6.54 Å². The van der Waals surface area contributed by atoms with E-state index in [1.54, 1.807) is 0 Å². The van der Waals surface area contributed by atoms with Crippen molar-refractivity contribution in [2.24, 2.45) is 17.8 Å². The van der Waals surface area contributed by atoms with Crippen molar-refractivity contribution in [3.63, 3.8) is 0 Å². The summed E-state index contributed by atoms with van der Waals surface area (Å²) in [6.45, 7) is 9.00. The summed E-state index contributed by atoms with van der Waals surface area (Å²) in [5.41, 5.74) is 0. The molecule has 0 radical (unpaired) electrons. The van der Waals surface area contributed by atoms with Gasteiger partial charge < -0.3 is 9.88 Å². The highest BCUT2D eigenvalue weighted by Gasteiger charge is 2.21. The van der Waals surface area contributed by atoms with E-state index < -0.39 is 0 Å². The van der Waals surface area contributed by atoms with Crippen LogP contribution in [0.5, 0.6) is 0 Å². The smallest absolute Gasteiger partial charge is 0.202 e. The molecule has 1 saturated carbocycles. The first-order chi connectivity index (χ1) is 8.66. The minimum Gasteiger partial charge on any atom is -0.355 e. The molecule has 3 heteroatoms. The summed E-state index contributed by atoms with van der Waals surface area (Å²) in [7, 11) is 0. The van der Waals surface area contributed by atoms with Crippen LogP contribution in [0.2, 0.25) is 0 Å². The van der Waals surface area contributed by atoms with E-state index in [1.807, 2.05) is 6.20 Å². The number of nitrogens with one attached hydrogen (secondary N) is 1. The van der Waals surface area contributed by atoms with E-state index in [-0.39, 0.29) is 0 Å². The van der Waals surface area contributed by atoms with E-state index in [0.717, 1.165) is 30.9 Å². The van der Waals surface area contributed by atoms with Gasteiger partial charge in [0.2, 0.25) is 5.95 Å². The fourth-order valence-corrected chi connectivity index (χ4v) is 2.94. The van der Waals surface area contributed by atoms with Crippen molar-refractivity contribution in [3.05, 3.63) is 12.4 Å². The molecule has 2 unspecified atom stereocenters. The summed E-state index contributed by atoms with van der Waals surface area (Å²) in [5.74, 6) is 3.39. The maximum Gasteiger partial charge on any atom is 0.202 e. The van der Waals surface area contributed by atoms with E-state index in [4.69, 9.17) is 0 Å². The molecule has 1 N–H and O–H groups in total. The van der Waals surface area contributed by atoms with Gasteiger partial charge in [-0.15, -0.1) is 0 Å². The Hall–Kier alpha value is -0.990. The Kier molecular flexibility index (Phi) is 4.67. The van der Waals surface area contributed by atoms with Crippen molar-refractivity contribution in [2.75, 3.05) is 11.9 Å². The van der Waals surface area contributed by atoms with Crippen LogP contribution in [0, 0.1) is 17.8 Å². The fourth-order valence-electron chi connectivity index (χ4n) is 2.94. The lowest BCUT2D eigenvalue weighted by molar-refractivity contribution is 0.268. The van der Waals surface area contributed by atoms with Crippen LogP contribution in [0.25, 0.3) is 0 Å². The van der Waals surface area contributed by atoms with Crippen molar-refractivity contribution in [3.8, 4) is 0 Å². The average Bonchev–Trinajstić information content (AvgIpc) is 2.75. The second-order valence-electron chi connectivity index (χ2n) is 6.20. The predicted molar refractivity (Wildman–Crippen MR) is 76.7 cm³/mol. The van der Waals surface area contributed by atoms with Gasteiger partial charge in [-0.3, -0.25) is 0 Å². The highest BCUT2D eigenvalue weighted by Crippen LogP contribution is 2.29. The van der Waals surface area contributed by atoms with Gasteiger partial charge in [0.25, 0.3) is 0 Å². The van der Waals surface area contributed by atoms with E-state index in [9.17, 15) is 0 Å². The van der Waals surface area contributed by atoms with E-state index in [1.165, 1.54) is 25.7 Å². The Labute approximate surface area is 111 Å². The minimum absolute atomic E-state index is 0.661. The van der Waals surface area contributed by atoms with Crippen molar-refractivity contribution in [1.29, 1.82) is 0 Å². The molecule has 1 aliphatic carbocycles. The lowest BCUT2D eigenvalue weighted by Crippen LogP contribution is -2.25. The molecule has 0 saturated heterocycles. The Morgan fingerprint density at radius 2 is 2.17 bits per heavy atom. The first-order valence-electron chi connectivity index (χ1n) is 7.42. The summed E-state index contributed by atoms with van der Waals surface area (Å²) in [5, 5.41) is 3.55. The molecular formula is C15H27N3. The lowest BCUT2D eigenvalue weighted by Gasteiger charge is -2.29. The number of aromatic nitrogens is 2. The quantitative estimate of drug-likeness (QED) is 0.860. The maximum absolute atomic E-state index is 4.43. The van der Waals surface area contributed by atoms with Gasteiger partial charge >= 0.3 is 0 Å². The normalized spacial score (nSPS) is 24.4. The van der Waals surface area contributed by atoms with Crippen LogP contribution in [0.1, 0.15) is 46.5 Å². The molecule has 0 bridgehead atoms. The molecule has 0 amide bonds. The summed E-state index contributed by atoms with van der Waals surface area (Å²) in [4.78, 5) is 4.43. The number of hydrogen-bond acceptors (Lipinski definition) is 2. The summed E-state index contributed by atoms with van der Waals surface area (Å²) in [6.07, 6.45) is 9.56. The second-order valence-corrected chi connectivity index (χ2v) is 6.20. The molecule has 3 nitrogen and oxygen atoms in total. The van der Waals surface area contributed by atoms with Crippen molar-refractivity contribution in [2.45, 2.75) is 53.0 Å². The van der Waals surface area contributed by atoms with Gasteiger partial charge in [-0.2, -0.15) is 0 Å². The molecule has 18 heavy (non-hydrogen) atoms. The van der Waals surface area contributed by atoms with E-state index in [0.29, 0.717) is 5.92 Å². The second kappa shape index (κ2) is 6.26. The van der Waals surface area contributed by atoms with Gasteiger partial charge in [0.15, 0.2) is 0 Å². The van der Waals surface area contributed by atoms with Crippen LogP contribution in [0.3, 0.4) is 0 Å². The third-order valence-electron chi connectivity index (χ3n) is 4.09. The number of hydrogen-bond donors (Lipinski definition) is 1. The van der Waals surface area contributed by atoms with Gasteiger partial charge in [-0.25, -0.2) is 4.98 Å². The van der Waals surface area contributed by atoms with E-state index in [2.05, 4.69) is 41.8 Å². The standard InChI is InChI=1S/C15H27N3/c1-12(2)11-18-9-8-16-15(18)17-10-14-7-5-4-6-13(14)3/h8-9,12-14H,4-7,10-11H2,1-3H3,(H,16,17). The third kappa shape index (κ3) is 3.50. The third-order valence-corrected chi connectivity index (χ3v) is 4.09. The van der Waals surface area contributed by atoms with Gasteiger partial charge in [0.05, 0.1) is 0 Å². The number of anilines is 1. The first-order valence-corrected chi connectivity index (χ1v) is 7.42. The van der Waals surface area contributed by atoms with Gasteiger partial charge in [0.1, 0.15) is 0 Å². The van der Waals surface area contributed by atoms with Crippen molar-refractivity contribution < 1.29 is 0 Å². The lowest BCUT2D eigenvalue weighted by atomic mass is 9.80. The topological polar surface area (TPSA) is 29.9 Å². The summed E-state index contributed by atoms with van der Waals surface area (Å²) < 4.78 is 2.23. The molecule has 2 atom stereocenters. The number of rotatable bonds is 5. The Morgan fingerprint density at radius 1 is 1.39 bits per heavy atom. The monoisotopic (exact) mass is 249 g/mol.